The highest BCUT2D eigenvalue weighted by Crippen LogP contribution is 2.54. The topological polar surface area (TPSA) is 80.9 Å². The first-order valence-electron chi connectivity index (χ1n) is 7.15. The molecule has 1 saturated carbocycles. The lowest BCUT2D eigenvalue weighted by atomic mass is 9.99. The maximum Gasteiger partial charge on any atom is 0.331 e. The van der Waals surface area contributed by atoms with Crippen molar-refractivity contribution in [3.05, 3.63) is 41.7 Å². The molecule has 1 aromatic carbocycles. The molecule has 0 bridgehead atoms. The molecule has 1 N–H and O–H groups in total. The number of tetrazole rings is 1. The highest BCUT2D eigenvalue weighted by atomic mass is 16.4. The molecule has 1 aliphatic rings. The van der Waals surface area contributed by atoms with Crippen molar-refractivity contribution < 1.29 is 9.90 Å². The fourth-order valence-corrected chi connectivity index (χ4v) is 2.72. The summed E-state index contributed by atoms with van der Waals surface area (Å²) in [6, 6.07) is 10.2. The number of aromatic nitrogens is 4. The number of benzene rings is 1. The Morgan fingerprint density at radius 1 is 1.38 bits per heavy atom. The Morgan fingerprint density at radius 3 is 2.71 bits per heavy atom. The number of hydrogen-bond donors (Lipinski definition) is 1. The lowest BCUT2D eigenvalue weighted by Gasteiger charge is -2.24. The highest BCUT2D eigenvalue weighted by Gasteiger charge is 2.47. The Hall–Kier alpha value is -2.24. The van der Waals surface area contributed by atoms with Crippen LogP contribution in [0.5, 0.6) is 0 Å². The van der Waals surface area contributed by atoms with Crippen LogP contribution in [0, 0.1) is 0 Å². The summed E-state index contributed by atoms with van der Waals surface area (Å²) in [5.74, 6) is 0.351. The monoisotopic (exact) mass is 286 g/mol. The van der Waals surface area contributed by atoms with Gasteiger partial charge in [-0.2, -0.15) is 0 Å². The van der Waals surface area contributed by atoms with Crippen LogP contribution in [0.15, 0.2) is 30.3 Å². The molecule has 0 aliphatic heterocycles. The van der Waals surface area contributed by atoms with Gasteiger partial charge in [0, 0.05) is 5.92 Å². The number of carbonyl (C=O) groups is 1. The summed E-state index contributed by atoms with van der Waals surface area (Å²) >= 11 is 0. The van der Waals surface area contributed by atoms with E-state index in [0.717, 1.165) is 6.42 Å². The molecule has 0 saturated heterocycles. The Balaban J connectivity index is 1.90. The first kappa shape index (κ1) is 13.7. The molecule has 0 spiro atoms. The van der Waals surface area contributed by atoms with Crippen molar-refractivity contribution in [2.24, 2.45) is 0 Å². The van der Waals surface area contributed by atoms with E-state index in [1.807, 2.05) is 25.1 Å². The van der Waals surface area contributed by atoms with Gasteiger partial charge in [-0.1, -0.05) is 37.3 Å². The van der Waals surface area contributed by atoms with Crippen LogP contribution >= 0.6 is 0 Å². The van der Waals surface area contributed by atoms with Crippen LogP contribution in [0.4, 0.5) is 0 Å². The summed E-state index contributed by atoms with van der Waals surface area (Å²) in [5.41, 5.74) is 0.161. The highest BCUT2D eigenvalue weighted by molar-refractivity contribution is 5.76. The van der Waals surface area contributed by atoms with E-state index in [1.54, 1.807) is 6.92 Å². The molecular formula is C15H18N4O2. The van der Waals surface area contributed by atoms with Crippen molar-refractivity contribution in [3.63, 3.8) is 0 Å². The van der Waals surface area contributed by atoms with Gasteiger partial charge in [-0.3, -0.25) is 0 Å². The minimum atomic E-state index is -1.09. The van der Waals surface area contributed by atoms with Crippen molar-refractivity contribution in [1.29, 1.82) is 0 Å². The summed E-state index contributed by atoms with van der Waals surface area (Å²) in [4.78, 5) is 11.6. The summed E-state index contributed by atoms with van der Waals surface area (Å²) in [6.07, 6.45) is 1.40. The number of rotatable bonds is 5. The van der Waals surface area contributed by atoms with E-state index in [0.29, 0.717) is 18.2 Å². The van der Waals surface area contributed by atoms with Crippen molar-refractivity contribution >= 4 is 5.97 Å². The second-order valence-corrected chi connectivity index (χ2v) is 5.74. The molecule has 6 nitrogen and oxygen atoms in total. The van der Waals surface area contributed by atoms with E-state index in [2.05, 4.69) is 27.7 Å². The minimum Gasteiger partial charge on any atom is -0.479 e. The molecule has 3 atom stereocenters. The number of hydrogen-bond acceptors (Lipinski definition) is 4. The molecule has 0 radical (unpaired) electrons. The lowest BCUT2D eigenvalue weighted by Crippen LogP contribution is -2.40. The van der Waals surface area contributed by atoms with Crippen LogP contribution in [-0.2, 0) is 10.3 Å². The van der Waals surface area contributed by atoms with E-state index in [-0.39, 0.29) is 5.92 Å². The molecule has 6 heteroatoms. The number of nitrogens with zero attached hydrogens (tertiary/aromatic N) is 4. The van der Waals surface area contributed by atoms with E-state index >= 15 is 0 Å². The Morgan fingerprint density at radius 2 is 2.10 bits per heavy atom. The van der Waals surface area contributed by atoms with Gasteiger partial charge >= 0.3 is 5.97 Å². The van der Waals surface area contributed by atoms with Crippen LogP contribution in [0.2, 0.25) is 0 Å². The minimum absolute atomic E-state index is 0.202. The number of aliphatic carboxylic acids is 1. The van der Waals surface area contributed by atoms with Gasteiger partial charge in [0.15, 0.2) is 11.4 Å². The van der Waals surface area contributed by atoms with Gasteiger partial charge in [0.1, 0.15) is 0 Å². The number of carboxylic acids is 1. The van der Waals surface area contributed by atoms with Gasteiger partial charge in [0.25, 0.3) is 0 Å². The van der Waals surface area contributed by atoms with E-state index in [9.17, 15) is 9.90 Å². The lowest BCUT2D eigenvalue weighted by molar-refractivity contribution is -0.147. The Kier molecular flexibility index (Phi) is 3.23. The van der Waals surface area contributed by atoms with Crippen LogP contribution < -0.4 is 0 Å². The predicted molar refractivity (Wildman–Crippen MR) is 75.9 cm³/mol. The third-order valence-corrected chi connectivity index (χ3v) is 4.46. The quantitative estimate of drug-likeness (QED) is 0.910. The number of carboxylic acid groups (broad SMARTS) is 1. The van der Waals surface area contributed by atoms with Crippen molar-refractivity contribution in [2.45, 2.75) is 44.1 Å². The van der Waals surface area contributed by atoms with Gasteiger partial charge in [-0.25, -0.2) is 9.48 Å². The molecule has 21 heavy (non-hydrogen) atoms. The molecule has 110 valence electrons. The average molecular weight is 286 g/mol. The molecule has 1 fully saturated rings. The zero-order chi connectivity index (χ0) is 15.0. The molecule has 1 aliphatic carbocycles. The van der Waals surface area contributed by atoms with Crippen molar-refractivity contribution in [1.82, 2.24) is 20.2 Å². The zero-order valence-electron chi connectivity index (χ0n) is 12.1. The smallest absolute Gasteiger partial charge is 0.331 e. The largest absolute Gasteiger partial charge is 0.479 e. The first-order chi connectivity index (χ1) is 10.1. The summed E-state index contributed by atoms with van der Waals surface area (Å²) in [7, 11) is 0. The molecule has 3 rings (SSSR count). The third kappa shape index (κ3) is 2.20. The summed E-state index contributed by atoms with van der Waals surface area (Å²) in [6.45, 7) is 3.50. The molecule has 3 unspecified atom stereocenters. The van der Waals surface area contributed by atoms with Crippen molar-refractivity contribution in [2.75, 3.05) is 0 Å². The maximum absolute atomic E-state index is 11.6. The Bertz CT molecular complexity index is 655. The van der Waals surface area contributed by atoms with Gasteiger partial charge in [0.2, 0.25) is 0 Å². The van der Waals surface area contributed by atoms with Crippen molar-refractivity contribution in [3.8, 4) is 0 Å². The summed E-state index contributed by atoms with van der Waals surface area (Å²) < 4.78 is 1.49. The first-order valence-corrected chi connectivity index (χ1v) is 7.15. The molecule has 1 aromatic heterocycles. The fraction of sp³-hybridized carbons (Fsp3) is 0.467. The van der Waals surface area contributed by atoms with E-state index in [1.165, 1.54) is 10.2 Å². The predicted octanol–water partition coefficient (Wildman–Crippen LogP) is 2.15. The van der Waals surface area contributed by atoms with Gasteiger partial charge < -0.3 is 5.11 Å². The second-order valence-electron chi connectivity index (χ2n) is 5.74. The van der Waals surface area contributed by atoms with Gasteiger partial charge in [0.05, 0.1) is 0 Å². The standard InChI is InChI=1S/C15H18N4O2/c1-3-15(2,14(20)21)19-13(16-17-18-19)12-9-11(12)10-7-5-4-6-8-10/h4-8,11-12H,3,9H2,1-2H3,(H,20,21). The SMILES string of the molecule is CCC(C)(C(=O)O)n1nnnc1C1CC1c1ccccc1. The Labute approximate surface area is 122 Å². The fourth-order valence-electron chi connectivity index (χ4n) is 2.72. The second kappa shape index (κ2) is 4.95. The van der Waals surface area contributed by atoms with E-state index < -0.39 is 11.5 Å². The molecule has 2 aromatic rings. The zero-order valence-corrected chi connectivity index (χ0v) is 12.1. The molecule has 1 heterocycles. The third-order valence-electron chi connectivity index (χ3n) is 4.46. The van der Waals surface area contributed by atoms with E-state index in [4.69, 9.17) is 0 Å². The van der Waals surface area contributed by atoms with Crippen LogP contribution in [-0.4, -0.2) is 31.3 Å². The molecular weight excluding hydrogens is 268 g/mol. The maximum atomic E-state index is 11.6. The van der Waals surface area contributed by atoms with Crippen LogP contribution in [0.1, 0.15) is 49.9 Å². The van der Waals surface area contributed by atoms with Gasteiger partial charge in [-0.05, 0) is 41.7 Å². The summed E-state index contributed by atoms with van der Waals surface area (Å²) in [5, 5.41) is 21.2. The normalized spacial score (nSPS) is 23.5. The van der Waals surface area contributed by atoms with Crippen LogP contribution in [0.25, 0.3) is 0 Å². The average Bonchev–Trinajstić information content (AvgIpc) is 3.15. The molecule has 0 amide bonds. The van der Waals surface area contributed by atoms with Gasteiger partial charge in [-0.15, -0.1) is 5.10 Å². The van der Waals surface area contributed by atoms with Crippen LogP contribution in [0.3, 0.4) is 0 Å².